The molecule has 0 saturated heterocycles. The molecule has 1 fully saturated rings. The fraction of sp³-hybridized carbons (Fsp3) is 0.444. The van der Waals surface area contributed by atoms with Gasteiger partial charge in [0.15, 0.2) is 0 Å². The predicted molar refractivity (Wildman–Crippen MR) is 91.3 cm³/mol. The van der Waals surface area contributed by atoms with E-state index in [1.165, 1.54) is 10.8 Å². The molecule has 1 aromatic carbocycles. The van der Waals surface area contributed by atoms with Crippen LogP contribution in [-0.4, -0.2) is 21.2 Å². The highest BCUT2D eigenvalue weighted by Crippen LogP contribution is 2.42. The van der Waals surface area contributed by atoms with Crippen LogP contribution in [0.15, 0.2) is 35.3 Å². The lowest BCUT2D eigenvalue weighted by Crippen LogP contribution is -2.42. The third kappa shape index (κ3) is 3.27. The first-order chi connectivity index (χ1) is 12.2. The van der Waals surface area contributed by atoms with Crippen molar-refractivity contribution >= 4 is 11.6 Å². The highest BCUT2D eigenvalue weighted by Gasteiger charge is 2.48. The molecule has 0 amide bonds. The number of hydrogen-bond donors (Lipinski definition) is 1. The van der Waals surface area contributed by atoms with E-state index in [9.17, 15) is 22.8 Å². The maximum absolute atomic E-state index is 13.3. The van der Waals surface area contributed by atoms with Gasteiger partial charge in [-0.05, 0) is 38.0 Å². The molecular formula is C18H20F3N3O2. The molecule has 5 nitrogen and oxygen atoms in total. The summed E-state index contributed by atoms with van der Waals surface area (Å²) in [4.78, 5) is 25.5. The van der Waals surface area contributed by atoms with E-state index in [1.807, 2.05) is 0 Å². The van der Waals surface area contributed by atoms with Gasteiger partial charge in [0.1, 0.15) is 0 Å². The molecule has 0 bridgehead atoms. The van der Waals surface area contributed by atoms with Gasteiger partial charge in [0.25, 0.3) is 0 Å². The number of halogens is 3. The Labute approximate surface area is 148 Å². The van der Waals surface area contributed by atoms with Gasteiger partial charge in [-0.25, -0.2) is 9.36 Å². The lowest BCUT2D eigenvalue weighted by Gasteiger charge is -2.31. The zero-order chi connectivity index (χ0) is 19.1. The number of alkyl halides is 3. The molecule has 2 atom stereocenters. The summed E-state index contributed by atoms with van der Waals surface area (Å²) in [6.45, 7) is 1.62. The van der Waals surface area contributed by atoms with Crippen LogP contribution in [0.2, 0.25) is 0 Å². The maximum Gasteiger partial charge on any atom is 0.392 e. The average Bonchev–Trinajstić information content (AvgIpc) is 2.88. The number of hydrogen-bond acceptors (Lipinski definition) is 3. The zero-order valence-electron chi connectivity index (χ0n) is 14.3. The summed E-state index contributed by atoms with van der Waals surface area (Å²) >= 11 is 0. The monoisotopic (exact) mass is 367 g/mol. The Morgan fingerprint density at radius 2 is 1.92 bits per heavy atom. The second kappa shape index (κ2) is 6.66. The first-order valence-corrected chi connectivity index (χ1v) is 8.48. The number of aryl methyl sites for hydroxylation is 1. The number of nitrogen functional groups attached to an aromatic ring is 1. The molecule has 1 saturated carbocycles. The van der Waals surface area contributed by atoms with Gasteiger partial charge >= 0.3 is 11.9 Å². The number of imidazole rings is 1. The smallest absolute Gasteiger partial charge is 0.392 e. The van der Waals surface area contributed by atoms with Crippen molar-refractivity contribution < 1.29 is 18.0 Å². The van der Waals surface area contributed by atoms with E-state index < -0.39 is 29.6 Å². The maximum atomic E-state index is 13.3. The number of benzene rings is 1. The van der Waals surface area contributed by atoms with E-state index in [0.29, 0.717) is 29.9 Å². The molecule has 0 radical (unpaired) electrons. The van der Waals surface area contributed by atoms with Crippen LogP contribution in [0, 0.1) is 18.8 Å². The number of rotatable bonds is 2. The van der Waals surface area contributed by atoms with Crippen LogP contribution in [0.25, 0.3) is 5.69 Å². The number of nitrogens with zero attached hydrogens (tertiary/aromatic N) is 2. The van der Waals surface area contributed by atoms with Crippen molar-refractivity contribution in [2.45, 2.75) is 38.8 Å². The Kier molecular flexibility index (Phi) is 4.68. The second-order valence-electron chi connectivity index (χ2n) is 6.73. The van der Waals surface area contributed by atoms with Gasteiger partial charge in [0.05, 0.1) is 17.5 Å². The number of aromatic nitrogens is 2. The number of carbonyl (C=O) groups is 1. The Balaban J connectivity index is 2.01. The van der Waals surface area contributed by atoms with E-state index in [2.05, 4.69) is 0 Å². The van der Waals surface area contributed by atoms with Crippen LogP contribution in [-0.2, 0) is 0 Å². The van der Waals surface area contributed by atoms with Gasteiger partial charge in [0.2, 0.25) is 5.91 Å². The molecule has 2 N–H and O–H groups in total. The second-order valence-corrected chi connectivity index (χ2v) is 6.73. The number of anilines is 1. The van der Waals surface area contributed by atoms with E-state index in [1.54, 1.807) is 31.2 Å². The topological polar surface area (TPSA) is 70.0 Å². The Hall–Kier alpha value is -2.51. The fourth-order valence-electron chi connectivity index (χ4n) is 3.69. The summed E-state index contributed by atoms with van der Waals surface area (Å²) in [5.74, 6) is -3.72. The summed E-state index contributed by atoms with van der Waals surface area (Å²) in [6, 6.07) is 6.54. The van der Waals surface area contributed by atoms with Gasteiger partial charge < -0.3 is 5.73 Å². The largest absolute Gasteiger partial charge is 0.399 e. The highest BCUT2D eigenvalue weighted by atomic mass is 19.4. The molecule has 1 aliphatic carbocycles. The van der Waals surface area contributed by atoms with Crippen LogP contribution in [0.4, 0.5) is 18.9 Å². The molecule has 1 aliphatic rings. The molecule has 8 heteroatoms. The first-order valence-electron chi connectivity index (χ1n) is 8.48. The van der Waals surface area contributed by atoms with Gasteiger partial charge in [0, 0.05) is 17.6 Å². The van der Waals surface area contributed by atoms with Gasteiger partial charge in [-0.1, -0.05) is 18.9 Å². The Morgan fingerprint density at radius 3 is 2.58 bits per heavy atom. The lowest BCUT2D eigenvalue weighted by atomic mass is 9.78. The number of carbonyl (C=O) groups excluding carboxylic acids is 1. The molecule has 0 spiro atoms. The van der Waals surface area contributed by atoms with Crippen molar-refractivity contribution in [1.82, 2.24) is 9.13 Å². The minimum absolute atomic E-state index is 0.0798. The van der Waals surface area contributed by atoms with Crippen molar-refractivity contribution in [3.8, 4) is 5.69 Å². The van der Waals surface area contributed by atoms with E-state index in [0.717, 1.165) is 4.57 Å². The Bertz CT molecular complexity index is 883. The van der Waals surface area contributed by atoms with Crippen LogP contribution >= 0.6 is 0 Å². The van der Waals surface area contributed by atoms with Crippen LogP contribution in [0.1, 0.15) is 36.2 Å². The predicted octanol–water partition coefficient (Wildman–Crippen LogP) is 3.54. The molecule has 2 unspecified atom stereocenters. The third-order valence-electron chi connectivity index (χ3n) is 4.94. The van der Waals surface area contributed by atoms with Crippen molar-refractivity contribution in [1.29, 1.82) is 0 Å². The van der Waals surface area contributed by atoms with Crippen LogP contribution in [0.3, 0.4) is 0 Å². The van der Waals surface area contributed by atoms with Gasteiger partial charge in [-0.15, -0.1) is 0 Å². The van der Waals surface area contributed by atoms with Crippen LogP contribution in [0.5, 0.6) is 0 Å². The molecular weight excluding hydrogens is 347 g/mol. The molecule has 26 heavy (non-hydrogen) atoms. The third-order valence-corrected chi connectivity index (χ3v) is 4.94. The average molecular weight is 367 g/mol. The Morgan fingerprint density at radius 1 is 1.23 bits per heavy atom. The highest BCUT2D eigenvalue weighted by molar-refractivity contribution is 5.82. The molecule has 1 heterocycles. The quantitative estimate of drug-likeness (QED) is 0.826. The fourth-order valence-corrected chi connectivity index (χ4v) is 3.69. The summed E-state index contributed by atoms with van der Waals surface area (Å²) < 4.78 is 42.0. The molecule has 3 rings (SSSR count). The van der Waals surface area contributed by atoms with Crippen molar-refractivity contribution in [3.63, 3.8) is 0 Å². The molecule has 2 aromatic rings. The summed E-state index contributed by atoms with van der Waals surface area (Å²) in [6.07, 6.45) is -2.11. The first kappa shape index (κ1) is 18.3. The minimum atomic E-state index is -4.45. The SMILES string of the molecule is Cc1cn(C(=O)C2CCCCC2C(F)(F)F)c(=O)n1-c1cccc(N)c1. The van der Waals surface area contributed by atoms with Gasteiger partial charge in [-0.3, -0.25) is 9.36 Å². The van der Waals surface area contributed by atoms with Crippen molar-refractivity contribution in [2.24, 2.45) is 11.8 Å². The standard InChI is InChI=1S/C18H20F3N3O2/c1-11-10-23(17(26)24(11)13-6-4-5-12(22)9-13)16(25)14-7-2-3-8-15(14)18(19,20)21/h4-6,9-10,14-15H,2-3,7-8,22H2,1H3. The summed E-state index contributed by atoms with van der Waals surface area (Å²) in [7, 11) is 0. The van der Waals surface area contributed by atoms with Crippen molar-refractivity contribution in [3.05, 3.63) is 46.6 Å². The van der Waals surface area contributed by atoms with E-state index in [-0.39, 0.29) is 12.8 Å². The normalized spacial score (nSPS) is 20.9. The summed E-state index contributed by atoms with van der Waals surface area (Å²) in [5.41, 5.74) is 6.42. The lowest BCUT2D eigenvalue weighted by molar-refractivity contribution is -0.191. The molecule has 1 aromatic heterocycles. The van der Waals surface area contributed by atoms with E-state index >= 15 is 0 Å². The summed E-state index contributed by atoms with van der Waals surface area (Å²) in [5, 5.41) is 0. The number of nitrogens with two attached hydrogens (primary N) is 1. The van der Waals surface area contributed by atoms with E-state index in [4.69, 9.17) is 5.73 Å². The van der Waals surface area contributed by atoms with Crippen molar-refractivity contribution in [2.75, 3.05) is 5.73 Å². The minimum Gasteiger partial charge on any atom is -0.399 e. The van der Waals surface area contributed by atoms with Gasteiger partial charge in [-0.2, -0.15) is 13.2 Å². The van der Waals surface area contributed by atoms with Crippen LogP contribution < -0.4 is 11.4 Å². The zero-order valence-corrected chi connectivity index (χ0v) is 14.3. The molecule has 140 valence electrons. The molecule has 0 aliphatic heterocycles.